The molecule has 0 amide bonds. The Hall–Kier alpha value is -0.970. The lowest BCUT2D eigenvalue weighted by molar-refractivity contribution is -0.452. The highest BCUT2D eigenvalue weighted by molar-refractivity contribution is 5.70. The van der Waals surface area contributed by atoms with Crippen LogP contribution in [0.4, 0.5) is 0 Å². The largest absolute Gasteiger partial charge is 0.366 e. The normalized spacial score (nSPS) is 18.3. The van der Waals surface area contributed by atoms with Crippen molar-refractivity contribution in [1.82, 2.24) is 0 Å². The average molecular weight is 90.0 g/mol. The SMILES string of the molecule is NC1=NOOO1. The summed E-state index contributed by atoms with van der Waals surface area (Å²) in [5.41, 5.74) is 4.81. The second-order valence-electron chi connectivity index (χ2n) is 0.655. The second kappa shape index (κ2) is 1.02. The molecule has 0 saturated heterocycles. The molecule has 0 unspecified atom stereocenters. The van der Waals surface area contributed by atoms with E-state index in [2.05, 4.69) is 20.1 Å². The zero-order chi connectivity index (χ0) is 4.41. The predicted molar refractivity (Wildman–Crippen MR) is 14.9 cm³/mol. The van der Waals surface area contributed by atoms with Crippen molar-refractivity contribution in [1.29, 1.82) is 0 Å². The summed E-state index contributed by atoms with van der Waals surface area (Å²) in [6.07, 6.45) is 0. The molecule has 0 bridgehead atoms. The highest BCUT2D eigenvalue weighted by Gasteiger charge is 2.02. The van der Waals surface area contributed by atoms with Crippen LogP contribution in [0.25, 0.3) is 0 Å². The first kappa shape index (κ1) is 3.23. The number of oxime groups is 1. The van der Waals surface area contributed by atoms with Crippen LogP contribution < -0.4 is 5.73 Å². The molecule has 0 aromatic heterocycles. The summed E-state index contributed by atoms with van der Waals surface area (Å²) in [6.45, 7) is 0. The summed E-state index contributed by atoms with van der Waals surface area (Å²) in [7, 11) is 0. The quantitative estimate of drug-likeness (QED) is 0.392. The summed E-state index contributed by atoms with van der Waals surface area (Å²) in [6, 6.07) is -0.116. The van der Waals surface area contributed by atoms with Crippen LogP contribution in [-0.2, 0) is 14.9 Å². The van der Waals surface area contributed by atoms with Gasteiger partial charge in [-0.1, -0.05) is 0 Å². The molecule has 0 atom stereocenters. The molecule has 5 nitrogen and oxygen atoms in total. The first-order valence-corrected chi connectivity index (χ1v) is 1.23. The number of nitrogens with zero attached hydrogens (tertiary/aromatic N) is 1. The summed E-state index contributed by atoms with van der Waals surface area (Å²) in [5.74, 6) is 0. The fourth-order valence-electron chi connectivity index (χ4n) is 0.117. The molecule has 0 saturated carbocycles. The van der Waals surface area contributed by atoms with Gasteiger partial charge in [-0.15, -0.1) is 0 Å². The summed E-state index contributed by atoms with van der Waals surface area (Å²) in [4.78, 5) is 7.76. The minimum Gasteiger partial charge on any atom is -0.348 e. The van der Waals surface area contributed by atoms with Crippen LogP contribution >= 0.6 is 0 Å². The van der Waals surface area contributed by atoms with Gasteiger partial charge in [0.25, 0.3) is 0 Å². The lowest BCUT2D eigenvalue weighted by atomic mass is 11.2. The van der Waals surface area contributed by atoms with Gasteiger partial charge >= 0.3 is 6.02 Å². The Balaban J connectivity index is 2.45. The molecule has 0 aromatic carbocycles. The molecule has 5 heteroatoms. The van der Waals surface area contributed by atoms with Crippen molar-refractivity contribution in [3.63, 3.8) is 0 Å². The van der Waals surface area contributed by atoms with E-state index in [-0.39, 0.29) is 6.02 Å². The van der Waals surface area contributed by atoms with E-state index >= 15 is 0 Å². The van der Waals surface area contributed by atoms with E-state index in [1.165, 1.54) is 0 Å². The van der Waals surface area contributed by atoms with E-state index in [4.69, 9.17) is 5.73 Å². The molecule has 1 heterocycles. The molecule has 2 N–H and O–H groups in total. The smallest absolute Gasteiger partial charge is 0.348 e. The molecule has 0 fully saturated rings. The highest BCUT2D eigenvalue weighted by Crippen LogP contribution is 1.90. The fourth-order valence-corrected chi connectivity index (χ4v) is 0.117. The number of amidine groups is 1. The van der Waals surface area contributed by atoms with Gasteiger partial charge in [0.2, 0.25) is 0 Å². The Morgan fingerprint density at radius 1 is 1.67 bits per heavy atom. The van der Waals surface area contributed by atoms with Crippen molar-refractivity contribution in [2.24, 2.45) is 10.9 Å². The van der Waals surface area contributed by atoms with Crippen molar-refractivity contribution in [2.75, 3.05) is 0 Å². The van der Waals surface area contributed by atoms with E-state index in [0.29, 0.717) is 0 Å². The Bertz CT molecular complexity index is 78.9. The molecular formula is CH2N2O3. The Morgan fingerprint density at radius 2 is 2.50 bits per heavy atom. The average Bonchev–Trinajstić information content (AvgIpc) is 1.86. The lowest BCUT2D eigenvalue weighted by Crippen LogP contribution is -2.09. The van der Waals surface area contributed by atoms with Crippen molar-refractivity contribution in [2.45, 2.75) is 0 Å². The molecule has 1 aliphatic heterocycles. The van der Waals surface area contributed by atoms with Gasteiger partial charge in [0.15, 0.2) is 0 Å². The lowest BCUT2D eigenvalue weighted by Gasteiger charge is -1.77. The van der Waals surface area contributed by atoms with E-state index in [9.17, 15) is 0 Å². The van der Waals surface area contributed by atoms with Gasteiger partial charge in [-0.3, -0.25) is 4.89 Å². The van der Waals surface area contributed by atoms with E-state index in [0.717, 1.165) is 0 Å². The minimum absolute atomic E-state index is 0.116. The van der Waals surface area contributed by atoms with Crippen molar-refractivity contribution in [3.8, 4) is 0 Å². The van der Waals surface area contributed by atoms with Gasteiger partial charge in [0.05, 0.1) is 5.04 Å². The molecule has 34 valence electrons. The molecule has 6 heavy (non-hydrogen) atoms. The van der Waals surface area contributed by atoms with E-state index in [1.54, 1.807) is 0 Å². The third-order valence-electron chi connectivity index (χ3n) is 0.277. The van der Waals surface area contributed by atoms with Crippen LogP contribution in [0.15, 0.2) is 5.16 Å². The maximum Gasteiger partial charge on any atom is 0.366 e. The standard InChI is InChI=1S/CH2N2O3/c2-1-3-5-6-4-1/h(H2,2,3). The third-order valence-corrected chi connectivity index (χ3v) is 0.277. The minimum atomic E-state index is -0.116. The van der Waals surface area contributed by atoms with Gasteiger partial charge in [-0.2, -0.15) is 4.99 Å². The Kier molecular flexibility index (Phi) is 0.548. The third kappa shape index (κ3) is 0.343. The Labute approximate surface area is 33.1 Å². The summed E-state index contributed by atoms with van der Waals surface area (Å²) in [5, 5.41) is 6.71. The van der Waals surface area contributed by atoms with Crippen LogP contribution in [0.2, 0.25) is 0 Å². The maximum atomic E-state index is 4.81. The summed E-state index contributed by atoms with van der Waals surface area (Å²) < 4.78 is 0. The first-order valence-electron chi connectivity index (χ1n) is 1.23. The molecule has 0 aliphatic carbocycles. The fraction of sp³-hybridized carbons (Fsp3) is 0. The Morgan fingerprint density at radius 3 is 2.67 bits per heavy atom. The molecule has 1 rings (SSSR count). The first-order chi connectivity index (χ1) is 2.89. The highest BCUT2D eigenvalue weighted by atomic mass is 17.6. The van der Waals surface area contributed by atoms with Crippen LogP contribution in [0, 0.1) is 0 Å². The van der Waals surface area contributed by atoms with Crippen molar-refractivity contribution in [3.05, 3.63) is 0 Å². The number of hydrogen-bond acceptors (Lipinski definition) is 5. The summed E-state index contributed by atoms with van der Waals surface area (Å²) >= 11 is 0. The van der Waals surface area contributed by atoms with Crippen LogP contribution in [0.3, 0.4) is 0 Å². The molecule has 0 aromatic rings. The second-order valence-corrected chi connectivity index (χ2v) is 0.655. The number of nitrogens with two attached hydrogens (primary N) is 1. The maximum absolute atomic E-state index is 4.81. The van der Waals surface area contributed by atoms with Gasteiger partial charge in [-0.05, 0) is 0 Å². The predicted octanol–water partition coefficient (Wildman–Crippen LogP) is -0.891. The van der Waals surface area contributed by atoms with Crippen LogP contribution in [0.1, 0.15) is 0 Å². The monoisotopic (exact) mass is 90.0 g/mol. The van der Waals surface area contributed by atoms with Gasteiger partial charge in [0.1, 0.15) is 0 Å². The molecule has 0 spiro atoms. The van der Waals surface area contributed by atoms with Gasteiger partial charge in [-0.25, -0.2) is 0 Å². The molecule has 0 radical (unpaired) electrons. The molecular weight excluding hydrogens is 88.0 g/mol. The zero-order valence-corrected chi connectivity index (χ0v) is 2.75. The number of rotatable bonds is 0. The van der Waals surface area contributed by atoms with Crippen molar-refractivity contribution >= 4 is 6.02 Å². The zero-order valence-electron chi connectivity index (χ0n) is 2.75. The van der Waals surface area contributed by atoms with Gasteiger partial charge in [0, 0.05) is 5.16 Å². The van der Waals surface area contributed by atoms with Crippen LogP contribution in [-0.4, -0.2) is 6.02 Å². The van der Waals surface area contributed by atoms with Gasteiger partial charge < -0.3 is 5.73 Å². The number of hydrogen-bond donors (Lipinski definition) is 1. The van der Waals surface area contributed by atoms with Crippen molar-refractivity contribution < 1.29 is 14.9 Å². The van der Waals surface area contributed by atoms with E-state index < -0.39 is 0 Å². The van der Waals surface area contributed by atoms with Crippen LogP contribution in [0.5, 0.6) is 0 Å². The van der Waals surface area contributed by atoms with E-state index in [1.807, 2.05) is 0 Å². The molecule has 1 aliphatic rings. The topological polar surface area (TPSA) is 66.1 Å².